The summed E-state index contributed by atoms with van der Waals surface area (Å²) in [5.41, 5.74) is 0.699. The number of carbonyl (C=O) groups excluding carboxylic acids is 4. The van der Waals surface area contributed by atoms with Gasteiger partial charge in [-0.05, 0) is 62.7 Å². The third kappa shape index (κ3) is 7.42. The van der Waals surface area contributed by atoms with Crippen molar-refractivity contribution < 1.29 is 41.8 Å². The SMILES string of the molecule is CCOC(=O)c1sc(NC(=O)COC(=O)c2ccc(S(=O)(=O)Nc3ccccc3)cc2)c(C(=O)OCC)c1C. The number of amides is 1. The lowest BCUT2D eigenvalue weighted by Crippen LogP contribution is -2.22. The molecule has 0 spiro atoms. The summed E-state index contributed by atoms with van der Waals surface area (Å²) in [6.45, 7) is 4.28. The van der Waals surface area contributed by atoms with Gasteiger partial charge in [0.15, 0.2) is 6.61 Å². The zero-order chi connectivity index (χ0) is 28.6. The molecule has 13 heteroatoms. The van der Waals surface area contributed by atoms with Gasteiger partial charge in [-0.25, -0.2) is 22.8 Å². The summed E-state index contributed by atoms with van der Waals surface area (Å²) in [6.07, 6.45) is 0. The molecule has 206 valence electrons. The van der Waals surface area contributed by atoms with Crippen LogP contribution in [0.25, 0.3) is 0 Å². The normalized spacial score (nSPS) is 10.8. The Bertz CT molecular complexity index is 1470. The van der Waals surface area contributed by atoms with Crippen molar-refractivity contribution >= 4 is 55.9 Å². The van der Waals surface area contributed by atoms with Crippen molar-refractivity contribution in [3.63, 3.8) is 0 Å². The minimum Gasteiger partial charge on any atom is -0.462 e. The molecule has 2 aromatic carbocycles. The minimum atomic E-state index is -3.88. The molecule has 1 heterocycles. The summed E-state index contributed by atoms with van der Waals surface area (Å²) in [6, 6.07) is 13.3. The maximum absolute atomic E-state index is 12.6. The van der Waals surface area contributed by atoms with Crippen LogP contribution in [-0.2, 0) is 29.0 Å². The molecule has 0 aliphatic rings. The van der Waals surface area contributed by atoms with Crippen molar-refractivity contribution in [1.82, 2.24) is 0 Å². The molecule has 39 heavy (non-hydrogen) atoms. The molecule has 0 aliphatic heterocycles. The van der Waals surface area contributed by atoms with E-state index >= 15 is 0 Å². The summed E-state index contributed by atoms with van der Waals surface area (Å²) < 4.78 is 42.6. The van der Waals surface area contributed by atoms with E-state index < -0.39 is 40.4 Å². The Kier molecular flexibility index (Phi) is 9.79. The Balaban J connectivity index is 1.66. The topological polar surface area (TPSA) is 154 Å². The van der Waals surface area contributed by atoms with Gasteiger partial charge in [-0.2, -0.15) is 0 Å². The van der Waals surface area contributed by atoms with Crippen LogP contribution in [0.2, 0.25) is 0 Å². The summed E-state index contributed by atoms with van der Waals surface area (Å²) in [7, 11) is -3.88. The second kappa shape index (κ2) is 13.0. The van der Waals surface area contributed by atoms with Crippen molar-refractivity contribution in [1.29, 1.82) is 0 Å². The predicted octanol–water partition coefficient (Wildman–Crippen LogP) is 4.01. The molecule has 0 radical (unpaired) electrons. The van der Waals surface area contributed by atoms with Gasteiger partial charge in [-0.15, -0.1) is 11.3 Å². The van der Waals surface area contributed by atoms with Gasteiger partial charge < -0.3 is 19.5 Å². The Morgan fingerprint density at radius 2 is 1.44 bits per heavy atom. The summed E-state index contributed by atoms with van der Waals surface area (Å²) in [5, 5.41) is 2.52. The van der Waals surface area contributed by atoms with E-state index in [0.717, 1.165) is 11.3 Å². The van der Waals surface area contributed by atoms with Crippen molar-refractivity contribution in [2.75, 3.05) is 29.9 Å². The molecule has 3 rings (SSSR count). The van der Waals surface area contributed by atoms with Crippen LogP contribution >= 0.6 is 11.3 Å². The van der Waals surface area contributed by atoms with Crippen LogP contribution in [0.5, 0.6) is 0 Å². The number of sulfonamides is 1. The Morgan fingerprint density at radius 1 is 0.821 bits per heavy atom. The second-order valence-electron chi connectivity index (χ2n) is 7.82. The fraction of sp³-hybridized carbons (Fsp3) is 0.231. The highest BCUT2D eigenvalue weighted by atomic mass is 32.2. The highest BCUT2D eigenvalue weighted by Crippen LogP contribution is 2.34. The molecule has 0 fully saturated rings. The van der Waals surface area contributed by atoms with Crippen LogP contribution in [0, 0.1) is 6.92 Å². The first-order chi connectivity index (χ1) is 18.6. The minimum absolute atomic E-state index is 0.00508. The fourth-order valence-corrected chi connectivity index (χ4v) is 5.47. The molecule has 0 atom stereocenters. The quantitative estimate of drug-likeness (QED) is 0.255. The molecule has 11 nitrogen and oxygen atoms in total. The fourth-order valence-electron chi connectivity index (χ4n) is 3.31. The largest absolute Gasteiger partial charge is 0.462 e. The van der Waals surface area contributed by atoms with Gasteiger partial charge in [-0.3, -0.25) is 9.52 Å². The standard InChI is InChI=1S/C26H26N2O9S2/c1-4-35-25(31)21-16(3)22(26(32)36-5-2)38-23(21)27-20(29)15-37-24(30)17-11-13-19(14-12-17)39(33,34)28-18-9-7-6-8-10-18/h6-14,28H,4-5,15H2,1-3H3,(H,27,29). The van der Waals surface area contributed by atoms with Crippen molar-refractivity contribution in [2.45, 2.75) is 25.7 Å². The van der Waals surface area contributed by atoms with E-state index in [-0.39, 0.29) is 39.1 Å². The van der Waals surface area contributed by atoms with E-state index in [0.29, 0.717) is 11.3 Å². The van der Waals surface area contributed by atoms with Crippen molar-refractivity contribution in [3.8, 4) is 0 Å². The Labute approximate surface area is 229 Å². The molecular weight excluding hydrogens is 548 g/mol. The van der Waals surface area contributed by atoms with E-state index in [2.05, 4.69) is 10.0 Å². The number of esters is 3. The molecule has 0 aliphatic carbocycles. The maximum atomic E-state index is 12.6. The summed E-state index contributed by atoms with van der Waals surface area (Å²) >= 11 is 0.841. The predicted molar refractivity (Wildman–Crippen MR) is 144 cm³/mol. The number of carbonyl (C=O) groups is 4. The van der Waals surface area contributed by atoms with E-state index in [1.54, 1.807) is 44.2 Å². The van der Waals surface area contributed by atoms with Gasteiger partial charge in [0, 0.05) is 5.69 Å². The molecule has 2 N–H and O–H groups in total. The summed E-state index contributed by atoms with van der Waals surface area (Å²) in [5.74, 6) is -3.02. The van der Waals surface area contributed by atoms with Crippen molar-refractivity contribution in [2.24, 2.45) is 0 Å². The lowest BCUT2D eigenvalue weighted by molar-refractivity contribution is -0.119. The number of para-hydroxylation sites is 1. The number of hydrogen-bond donors (Lipinski definition) is 2. The molecule has 0 saturated heterocycles. The second-order valence-corrected chi connectivity index (χ2v) is 10.5. The van der Waals surface area contributed by atoms with Gasteiger partial charge in [0.2, 0.25) is 0 Å². The van der Waals surface area contributed by atoms with E-state index in [1.807, 2.05) is 0 Å². The number of ether oxygens (including phenoxy) is 3. The van der Waals surface area contributed by atoms with Gasteiger partial charge in [0.05, 0.1) is 29.2 Å². The monoisotopic (exact) mass is 574 g/mol. The highest BCUT2D eigenvalue weighted by Gasteiger charge is 2.27. The van der Waals surface area contributed by atoms with Crippen LogP contribution in [-0.4, -0.2) is 52.1 Å². The van der Waals surface area contributed by atoms with Gasteiger partial charge >= 0.3 is 17.9 Å². The van der Waals surface area contributed by atoms with E-state index in [9.17, 15) is 27.6 Å². The van der Waals surface area contributed by atoms with Crippen LogP contribution in [0.15, 0.2) is 59.5 Å². The number of nitrogens with one attached hydrogen (secondary N) is 2. The summed E-state index contributed by atoms with van der Waals surface area (Å²) in [4.78, 5) is 49.7. The van der Waals surface area contributed by atoms with E-state index in [4.69, 9.17) is 14.2 Å². The van der Waals surface area contributed by atoms with Crippen LogP contribution in [0.3, 0.4) is 0 Å². The lowest BCUT2D eigenvalue weighted by atomic mass is 10.1. The molecular formula is C26H26N2O9S2. The smallest absolute Gasteiger partial charge is 0.348 e. The lowest BCUT2D eigenvalue weighted by Gasteiger charge is -2.09. The molecule has 0 unspecified atom stereocenters. The first kappa shape index (κ1) is 29.3. The average molecular weight is 575 g/mol. The molecule has 3 aromatic rings. The average Bonchev–Trinajstić information content (AvgIpc) is 3.23. The zero-order valence-electron chi connectivity index (χ0n) is 21.3. The van der Waals surface area contributed by atoms with Crippen LogP contribution in [0.4, 0.5) is 10.7 Å². The zero-order valence-corrected chi connectivity index (χ0v) is 22.9. The Morgan fingerprint density at radius 3 is 2.05 bits per heavy atom. The first-order valence-electron chi connectivity index (χ1n) is 11.7. The highest BCUT2D eigenvalue weighted by molar-refractivity contribution is 7.92. The number of hydrogen-bond acceptors (Lipinski definition) is 10. The molecule has 0 saturated carbocycles. The van der Waals surface area contributed by atoms with Crippen LogP contribution < -0.4 is 10.0 Å². The van der Waals surface area contributed by atoms with Crippen LogP contribution in [0.1, 0.15) is 49.8 Å². The van der Waals surface area contributed by atoms with Gasteiger partial charge in [0.1, 0.15) is 9.88 Å². The Hall–Kier alpha value is -4.23. The third-order valence-corrected chi connectivity index (χ3v) is 7.69. The van der Waals surface area contributed by atoms with E-state index in [1.165, 1.54) is 31.2 Å². The number of rotatable bonds is 11. The van der Waals surface area contributed by atoms with Gasteiger partial charge in [-0.1, -0.05) is 18.2 Å². The maximum Gasteiger partial charge on any atom is 0.348 e. The molecule has 1 amide bonds. The number of benzene rings is 2. The molecule has 1 aromatic heterocycles. The van der Waals surface area contributed by atoms with Gasteiger partial charge in [0.25, 0.3) is 15.9 Å². The first-order valence-corrected chi connectivity index (χ1v) is 14.0. The number of thiophene rings is 1. The third-order valence-electron chi connectivity index (χ3n) is 5.10. The number of anilines is 2. The van der Waals surface area contributed by atoms with Crippen molar-refractivity contribution in [3.05, 3.63) is 76.2 Å². The molecule has 0 bridgehead atoms.